The molecule has 118 valence electrons. The number of benzene rings is 1. The molecular weight excluding hydrogens is 282 g/mol. The molecule has 1 fully saturated rings. The van der Waals surface area contributed by atoms with Gasteiger partial charge in [-0.1, -0.05) is 0 Å². The average Bonchev–Trinajstić information content (AvgIpc) is 2.52. The molecule has 2 aliphatic rings. The van der Waals surface area contributed by atoms with E-state index in [0.717, 1.165) is 13.1 Å². The fourth-order valence-electron chi connectivity index (χ4n) is 2.75. The fourth-order valence-corrected chi connectivity index (χ4v) is 2.75. The van der Waals surface area contributed by atoms with Crippen LogP contribution in [0.2, 0.25) is 0 Å². The summed E-state index contributed by atoms with van der Waals surface area (Å²) in [6, 6.07) is 5.33. The van der Waals surface area contributed by atoms with E-state index in [9.17, 15) is 4.79 Å². The lowest BCUT2D eigenvalue weighted by Gasteiger charge is -2.36. The molecule has 0 atom stereocenters. The van der Waals surface area contributed by atoms with Crippen LogP contribution in [-0.4, -0.2) is 49.7 Å². The topological polar surface area (TPSA) is 48.0 Å². The smallest absolute Gasteiger partial charge is 0.198 e. The quantitative estimate of drug-likeness (QED) is 0.784. The van der Waals surface area contributed by atoms with Gasteiger partial charge in [-0.15, -0.1) is 0 Å². The molecule has 5 heteroatoms. The van der Waals surface area contributed by atoms with Gasteiger partial charge in [0.05, 0.1) is 31.5 Å². The number of carbonyl (C=O) groups excluding carboxylic acids is 1. The van der Waals surface area contributed by atoms with Crippen LogP contribution in [0.15, 0.2) is 30.0 Å². The van der Waals surface area contributed by atoms with Gasteiger partial charge >= 0.3 is 0 Å². The molecular formula is C17H21NO4. The van der Waals surface area contributed by atoms with Crippen LogP contribution in [0.3, 0.4) is 0 Å². The SMILES string of the molecule is COc1ccc2c(c1)C(=O)/C(=C/N1CCOCC1)C(C)(C)O2. The first kappa shape index (κ1) is 14.9. The monoisotopic (exact) mass is 303 g/mol. The third-order valence-electron chi connectivity index (χ3n) is 4.05. The Morgan fingerprint density at radius 3 is 2.68 bits per heavy atom. The Hall–Kier alpha value is -2.01. The van der Waals surface area contributed by atoms with Gasteiger partial charge in [-0.2, -0.15) is 0 Å². The molecule has 0 aliphatic carbocycles. The van der Waals surface area contributed by atoms with Crippen molar-refractivity contribution in [2.45, 2.75) is 19.4 Å². The highest BCUT2D eigenvalue weighted by Gasteiger charge is 2.38. The minimum Gasteiger partial charge on any atom is -0.497 e. The summed E-state index contributed by atoms with van der Waals surface area (Å²) in [5.41, 5.74) is 0.560. The molecule has 0 saturated carbocycles. The average molecular weight is 303 g/mol. The van der Waals surface area contributed by atoms with Crippen molar-refractivity contribution < 1.29 is 19.0 Å². The van der Waals surface area contributed by atoms with E-state index >= 15 is 0 Å². The molecule has 3 rings (SSSR count). The predicted molar refractivity (Wildman–Crippen MR) is 82.5 cm³/mol. The standard InChI is InChI=1S/C17H21NO4/c1-17(2)14(11-18-6-8-21-9-7-18)16(19)13-10-12(20-3)4-5-15(13)22-17/h4-5,10-11H,6-9H2,1-3H3/b14-11-. The summed E-state index contributed by atoms with van der Waals surface area (Å²) in [6.45, 7) is 6.79. The summed E-state index contributed by atoms with van der Waals surface area (Å²) >= 11 is 0. The first-order valence-electron chi connectivity index (χ1n) is 7.47. The molecule has 0 N–H and O–H groups in total. The number of hydrogen-bond acceptors (Lipinski definition) is 5. The zero-order valence-electron chi connectivity index (χ0n) is 13.2. The van der Waals surface area contributed by atoms with Crippen molar-refractivity contribution in [3.8, 4) is 11.5 Å². The Balaban J connectivity index is 1.99. The van der Waals surface area contributed by atoms with Crippen molar-refractivity contribution in [1.82, 2.24) is 4.90 Å². The lowest BCUT2D eigenvalue weighted by Crippen LogP contribution is -2.41. The Kier molecular flexibility index (Phi) is 3.83. The maximum absolute atomic E-state index is 12.9. The van der Waals surface area contributed by atoms with Crippen LogP contribution in [0.25, 0.3) is 0 Å². The first-order chi connectivity index (χ1) is 10.5. The summed E-state index contributed by atoms with van der Waals surface area (Å²) in [7, 11) is 1.59. The van der Waals surface area contributed by atoms with Crippen molar-refractivity contribution in [2.24, 2.45) is 0 Å². The minimum atomic E-state index is -0.656. The van der Waals surface area contributed by atoms with Crippen molar-refractivity contribution >= 4 is 5.78 Å². The molecule has 5 nitrogen and oxygen atoms in total. The summed E-state index contributed by atoms with van der Waals surface area (Å²) < 4.78 is 16.6. The van der Waals surface area contributed by atoms with Gasteiger partial charge in [0.15, 0.2) is 5.78 Å². The highest BCUT2D eigenvalue weighted by molar-refractivity contribution is 6.13. The normalized spacial score (nSPS) is 22.2. The van der Waals surface area contributed by atoms with Gasteiger partial charge in [0.1, 0.15) is 17.1 Å². The van der Waals surface area contributed by atoms with Crippen molar-refractivity contribution in [2.75, 3.05) is 33.4 Å². The van der Waals surface area contributed by atoms with Crippen molar-refractivity contribution in [3.05, 3.63) is 35.5 Å². The fraction of sp³-hybridized carbons (Fsp3) is 0.471. The molecule has 1 aromatic carbocycles. The Morgan fingerprint density at radius 1 is 1.27 bits per heavy atom. The molecule has 22 heavy (non-hydrogen) atoms. The summed E-state index contributed by atoms with van der Waals surface area (Å²) in [5, 5.41) is 0. The van der Waals surface area contributed by atoms with Crippen LogP contribution >= 0.6 is 0 Å². The molecule has 0 radical (unpaired) electrons. The van der Waals surface area contributed by atoms with Gasteiger partial charge in [0.2, 0.25) is 0 Å². The van der Waals surface area contributed by atoms with Crippen LogP contribution in [0.4, 0.5) is 0 Å². The highest BCUT2D eigenvalue weighted by atomic mass is 16.5. The lowest BCUT2D eigenvalue weighted by atomic mass is 9.87. The van der Waals surface area contributed by atoms with E-state index in [1.807, 2.05) is 20.0 Å². The number of rotatable bonds is 2. The second-order valence-corrected chi connectivity index (χ2v) is 5.99. The molecule has 0 aromatic heterocycles. The van der Waals surface area contributed by atoms with Gasteiger partial charge in [0.25, 0.3) is 0 Å². The number of morpholine rings is 1. The van der Waals surface area contributed by atoms with E-state index in [-0.39, 0.29) is 5.78 Å². The highest BCUT2D eigenvalue weighted by Crippen LogP contribution is 2.38. The number of ketones is 1. The van der Waals surface area contributed by atoms with E-state index in [0.29, 0.717) is 35.8 Å². The minimum absolute atomic E-state index is 0.00311. The number of hydrogen-bond donors (Lipinski definition) is 0. The maximum atomic E-state index is 12.9. The number of methoxy groups -OCH3 is 1. The van der Waals surface area contributed by atoms with Gasteiger partial charge in [-0.05, 0) is 32.0 Å². The number of carbonyl (C=O) groups is 1. The zero-order chi connectivity index (χ0) is 15.7. The van der Waals surface area contributed by atoms with E-state index in [4.69, 9.17) is 14.2 Å². The van der Waals surface area contributed by atoms with E-state index in [1.54, 1.807) is 25.3 Å². The van der Waals surface area contributed by atoms with E-state index in [2.05, 4.69) is 4.90 Å². The lowest BCUT2D eigenvalue weighted by molar-refractivity contribution is 0.0556. The van der Waals surface area contributed by atoms with Gasteiger partial charge in [0, 0.05) is 19.3 Å². The van der Waals surface area contributed by atoms with Gasteiger partial charge in [-0.3, -0.25) is 4.79 Å². The maximum Gasteiger partial charge on any atom is 0.198 e. The molecule has 0 amide bonds. The largest absolute Gasteiger partial charge is 0.497 e. The zero-order valence-corrected chi connectivity index (χ0v) is 13.2. The second-order valence-electron chi connectivity index (χ2n) is 5.99. The number of fused-ring (bicyclic) bond motifs is 1. The van der Waals surface area contributed by atoms with Gasteiger partial charge < -0.3 is 19.1 Å². The molecule has 0 unspecified atom stereocenters. The number of ether oxygens (including phenoxy) is 3. The molecule has 0 bridgehead atoms. The number of nitrogens with zero attached hydrogens (tertiary/aromatic N) is 1. The predicted octanol–water partition coefficient (Wildman–Crippen LogP) is 2.27. The first-order valence-corrected chi connectivity index (χ1v) is 7.47. The summed E-state index contributed by atoms with van der Waals surface area (Å²) in [6.07, 6.45) is 1.92. The molecule has 2 heterocycles. The van der Waals surface area contributed by atoms with Crippen molar-refractivity contribution in [3.63, 3.8) is 0 Å². The summed E-state index contributed by atoms with van der Waals surface area (Å²) in [4.78, 5) is 15.0. The molecule has 2 aliphatic heterocycles. The number of Topliss-reactive ketones (excluding diaryl/α,β-unsaturated/α-hetero) is 1. The molecule has 1 saturated heterocycles. The Labute approximate surface area is 130 Å². The molecule has 0 spiro atoms. The van der Waals surface area contributed by atoms with Crippen LogP contribution in [0.5, 0.6) is 11.5 Å². The van der Waals surface area contributed by atoms with Crippen LogP contribution in [0, 0.1) is 0 Å². The van der Waals surface area contributed by atoms with Gasteiger partial charge in [-0.25, -0.2) is 0 Å². The Morgan fingerprint density at radius 2 is 2.00 bits per heavy atom. The third-order valence-corrected chi connectivity index (χ3v) is 4.05. The molecule has 1 aromatic rings. The van der Waals surface area contributed by atoms with Crippen LogP contribution < -0.4 is 9.47 Å². The van der Waals surface area contributed by atoms with E-state index < -0.39 is 5.60 Å². The van der Waals surface area contributed by atoms with Crippen LogP contribution in [-0.2, 0) is 4.74 Å². The Bertz CT molecular complexity index is 615. The second kappa shape index (κ2) is 5.65. The third kappa shape index (κ3) is 2.68. The summed E-state index contributed by atoms with van der Waals surface area (Å²) in [5.74, 6) is 1.26. The van der Waals surface area contributed by atoms with Crippen LogP contribution in [0.1, 0.15) is 24.2 Å². The van der Waals surface area contributed by atoms with Crippen molar-refractivity contribution in [1.29, 1.82) is 0 Å². The van der Waals surface area contributed by atoms with E-state index in [1.165, 1.54) is 0 Å².